The van der Waals surface area contributed by atoms with E-state index < -0.39 is 0 Å². The van der Waals surface area contributed by atoms with Gasteiger partial charge >= 0.3 is 0 Å². The van der Waals surface area contributed by atoms with Crippen molar-refractivity contribution in [3.8, 4) is 5.75 Å². The van der Waals surface area contributed by atoms with Gasteiger partial charge in [-0.3, -0.25) is 4.68 Å². The monoisotopic (exact) mass is 287 g/mol. The van der Waals surface area contributed by atoms with E-state index in [-0.39, 0.29) is 0 Å². The summed E-state index contributed by atoms with van der Waals surface area (Å²) in [6, 6.07) is 6.82. The van der Waals surface area contributed by atoms with E-state index in [0.29, 0.717) is 12.6 Å². The van der Waals surface area contributed by atoms with Gasteiger partial charge in [0.2, 0.25) is 0 Å². The van der Waals surface area contributed by atoms with E-state index in [9.17, 15) is 0 Å². The van der Waals surface area contributed by atoms with Crippen molar-refractivity contribution >= 4 is 0 Å². The number of aromatic nitrogens is 2. The predicted molar refractivity (Wildman–Crippen MR) is 85.6 cm³/mol. The molecule has 0 aliphatic heterocycles. The van der Waals surface area contributed by atoms with Gasteiger partial charge in [0.05, 0.1) is 6.54 Å². The summed E-state index contributed by atoms with van der Waals surface area (Å²) in [5.41, 5.74) is 3.69. The SMILES string of the molecule is Cc1cc(CNC(C)C)cc(C)c1OCCn1cccn1. The van der Waals surface area contributed by atoms with Crippen molar-refractivity contribution in [1.82, 2.24) is 15.1 Å². The molecule has 0 saturated heterocycles. The average molecular weight is 287 g/mol. The molecule has 0 atom stereocenters. The number of hydrogen-bond acceptors (Lipinski definition) is 3. The van der Waals surface area contributed by atoms with Crippen molar-refractivity contribution in [3.63, 3.8) is 0 Å². The van der Waals surface area contributed by atoms with Crippen LogP contribution in [0.4, 0.5) is 0 Å². The fraction of sp³-hybridized carbons (Fsp3) is 0.471. The van der Waals surface area contributed by atoms with Crippen molar-refractivity contribution in [3.05, 3.63) is 47.3 Å². The van der Waals surface area contributed by atoms with Crippen LogP contribution in [0.5, 0.6) is 5.75 Å². The minimum Gasteiger partial charge on any atom is -0.491 e. The first kappa shape index (κ1) is 15.6. The zero-order chi connectivity index (χ0) is 15.2. The van der Waals surface area contributed by atoms with Gasteiger partial charge in [0, 0.05) is 25.0 Å². The number of nitrogens with zero attached hydrogens (tertiary/aromatic N) is 2. The van der Waals surface area contributed by atoms with Crippen molar-refractivity contribution in [2.24, 2.45) is 0 Å². The van der Waals surface area contributed by atoms with Crippen molar-refractivity contribution in [2.75, 3.05) is 6.61 Å². The molecule has 0 aliphatic carbocycles. The minimum atomic E-state index is 0.496. The summed E-state index contributed by atoms with van der Waals surface area (Å²) in [7, 11) is 0. The third-order valence-electron chi connectivity index (χ3n) is 3.36. The number of benzene rings is 1. The van der Waals surface area contributed by atoms with Crippen LogP contribution >= 0.6 is 0 Å². The Balaban J connectivity index is 1.96. The lowest BCUT2D eigenvalue weighted by Gasteiger charge is -2.15. The smallest absolute Gasteiger partial charge is 0.125 e. The molecular formula is C17H25N3O. The Hall–Kier alpha value is -1.81. The van der Waals surface area contributed by atoms with E-state index in [1.54, 1.807) is 6.20 Å². The summed E-state index contributed by atoms with van der Waals surface area (Å²) in [4.78, 5) is 0. The maximum absolute atomic E-state index is 5.94. The Labute approximate surface area is 127 Å². The zero-order valence-electron chi connectivity index (χ0n) is 13.4. The fourth-order valence-corrected chi connectivity index (χ4v) is 2.37. The van der Waals surface area contributed by atoms with E-state index in [0.717, 1.165) is 18.8 Å². The number of ether oxygens (including phenoxy) is 1. The summed E-state index contributed by atoms with van der Waals surface area (Å²) in [5.74, 6) is 0.996. The molecule has 0 unspecified atom stereocenters. The predicted octanol–water partition coefficient (Wildman–Crippen LogP) is 3.08. The summed E-state index contributed by atoms with van der Waals surface area (Å²) >= 11 is 0. The van der Waals surface area contributed by atoms with E-state index >= 15 is 0 Å². The van der Waals surface area contributed by atoms with Crippen LogP contribution < -0.4 is 10.1 Å². The molecule has 0 fully saturated rings. The van der Waals surface area contributed by atoms with Crippen LogP contribution in [-0.4, -0.2) is 22.4 Å². The first-order chi connectivity index (χ1) is 10.1. The van der Waals surface area contributed by atoms with E-state index in [1.807, 2.05) is 16.9 Å². The van der Waals surface area contributed by atoms with Crippen LogP contribution in [-0.2, 0) is 13.1 Å². The molecule has 1 N–H and O–H groups in total. The number of hydrogen-bond donors (Lipinski definition) is 1. The summed E-state index contributed by atoms with van der Waals surface area (Å²) < 4.78 is 7.82. The maximum Gasteiger partial charge on any atom is 0.125 e. The Morgan fingerprint density at radius 2 is 1.95 bits per heavy atom. The molecule has 21 heavy (non-hydrogen) atoms. The molecule has 4 heteroatoms. The fourth-order valence-electron chi connectivity index (χ4n) is 2.37. The zero-order valence-corrected chi connectivity index (χ0v) is 13.4. The third-order valence-corrected chi connectivity index (χ3v) is 3.36. The summed E-state index contributed by atoms with van der Waals surface area (Å²) in [6.45, 7) is 10.8. The second-order valence-corrected chi connectivity index (χ2v) is 5.71. The van der Waals surface area contributed by atoms with Crippen LogP contribution in [0.2, 0.25) is 0 Å². The molecule has 1 aromatic carbocycles. The summed E-state index contributed by atoms with van der Waals surface area (Å²) in [5, 5.41) is 7.62. The van der Waals surface area contributed by atoms with E-state index in [1.165, 1.54) is 16.7 Å². The van der Waals surface area contributed by atoms with Crippen LogP contribution in [0.1, 0.15) is 30.5 Å². The van der Waals surface area contributed by atoms with Crippen molar-refractivity contribution in [1.29, 1.82) is 0 Å². The van der Waals surface area contributed by atoms with E-state index in [2.05, 4.69) is 50.2 Å². The van der Waals surface area contributed by atoms with Crippen molar-refractivity contribution < 1.29 is 4.74 Å². The number of rotatable bonds is 7. The van der Waals surface area contributed by atoms with Gasteiger partial charge in [0.15, 0.2) is 0 Å². The highest BCUT2D eigenvalue weighted by molar-refractivity contribution is 5.43. The topological polar surface area (TPSA) is 39.1 Å². The lowest BCUT2D eigenvalue weighted by atomic mass is 10.1. The minimum absolute atomic E-state index is 0.496. The lowest BCUT2D eigenvalue weighted by molar-refractivity contribution is 0.287. The number of nitrogens with one attached hydrogen (secondary N) is 1. The van der Waals surface area contributed by atoms with Crippen molar-refractivity contribution in [2.45, 2.75) is 46.8 Å². The first-order valence-corrected chi connectivity index (χ1v) is 7.50. The van der Waals surface area contributed by atoms with Crippen LogP contribution in [0.15, 0.2) is 30.6 Å². The van der Waals surface area contributed by atoms with Gasteiger partial charge in [-0.25, -0.2) is 0 Å². The van der Waals surface area contributed by atoms with Crippen LogP contribution in [0, 0.1) is 13.8 Å². The standard InChI is InChI=1S/C17H25N3O/c1-13(2)18-12-16-10-14(3)17(15(4)11-16)21-9-8-20-7-5-6-19-20/h5-7,10-11,13,18H,8-9,12H2,1-4H3. The van der Waals surface area contributed by atoms with Crippen LogP contribution in [0.25, 0.3) is 0 Å². The maximum atomic E-state index is 5.94. The highest BCUT2D eigenvalue weighted by Gasteiger charge is 2.07. The molecule has 114 valence electrons. The molecular weight excluding hydrogens is 262 g/mol. The van der Waals surface area contributed by atoms with Gasteiger partial charge < -0.3 is 10.1 Å². The van der Waals surface area contributed by atoms with Gasteiger partial charge in [0.1, 0.15) is 12.4 Å². The lowest BCUT2D eigenvalue weighted by Crippen LogP contribution is -2.22. The molecule has 0 spiro atoms. The normalized spacial score (nSPS) is 11.1. The van der Waals surface area contributed by atoms with Gasteiger partial charge in [-0.15, -0.1) is 0 Å². The van der Waals surface area contributed by atoms with Gasteiger partial charge in [0.25, 0.3) is 0 Å². The van der Waals surface area contributed by atoms with Gasteiger partial charge in [-0.05, 0) is 36.6 Å². The molecule has 0 bridgehead atoms. The Morgan fingerprint density at radius 1 is 1.24 bits per heavy atom. The first-order valence-electron chi connectivity index (χ1n) is 7.50. The highest BCUT2D eigenvalue weighted by atomic mass is 16.5. The molecule has 0 saturated carbocycles. The average Bonchev–Trinajstić information content (AvgIpc) is 2.92. The Morgan fingerprint density at radius 3 is 2.52 bits per heavy atom. The van der Waals surface area contributed by atoms with Gasteiger partial charge in [-0.1, -0.05) is 26.0 Å². The molecule has 1 heterocycles. The Kier molecular flexibility index (Phi) is 5.39. The molecule has 0 aliphatic rings. The largest absolute Gasteiger partial charge is 0.491 e. The highest BCUT2D eigenvalue weighted by Crippen LogP contribution is 2.25. The summed E-state index contributed by atoms with van der Waals surface area (Å²) in [6.07, 6.45) is 3.73. The molecule has 0 radical (unpaired) electrons. The second-order valence-electron chi connectivity index (χ2n) is 5.71. The molecule has 0 amide bonds. The third kappa shape index (κ3) is 4.60. The Bertz CT molecular complexity index is 538. The molecule has 2 rings (SSSR count). The molecule has 4 nitrogen and oxygen atoms in total. The molecule has 2 aromatic rings. The van der Waals surface area contributed by atoms with E-state index in [4.69, 9.17) is 4.74 Å². The van der Waals surface area contributed by atoms with Crippen LogP contribution in [0.3, 0.4) is 0 Å². The second kappa shape index (κ2) is 7.27. The quantitative estimate of drug-likeness (QED) is 0.850. The number of aryl methyl sites for hydroxylation is 2. The molecule has 1 aromatic heterocycles. The van der Waals surface area contributed by atoms with Gasteiger partial charge in [-0.2, -0.15) is 5.10 Å².